The Morgan fingerprint density at radius 2 is 1.36 bits per heavy atom. The normalized spacial score (nSPS) is 13.4. The van der Waals surface area contributed by atoms with Crippen LogP contribution in [0.2, 0.25) is 0 Å². The lowest BCUT2D eigenvalue weighted by Gasteiger charge is -2.33. The molecule has 198 valence electrons. The minimum absolute atomic E-state index is 0.0214. The third kappa shape index (κ3) is 5.88. The van der Waals surface area contributed by atoms with E-state index in [1.165, 1.54) is 17.2 Å². The molecule has 0 spiro atoms. The molecule has 2 rings (SSSR count). The van der Waals surface area contributed by atoms with E-state index in [4.69, 9.17) is 4.74 Å². The molecule has 3 nitrogen and oxygen atoms in total. The number of hydrogen-bond acceptors (Lipinski definition) is 3. The van der Waals surface area contributed by atoms with Crippen LogP contribution in [0, 0.1) is 6.92 Å². The molecule has 0 radical (unpaired) electrons. The molecule has 0 saturated heterocycles. The molecule has 0 bridgehead atoms. The number of benzene rings is 2. The molecule has 0 amide bonds. The van der Waals surface area contributed by atoms with Crippen molar-refractivity contribution in [3.05, 3.63) is 70.3 Å². The zero-order valence-corrected chi connectivity index (χ0v) is 24.6. The highest BCUT2D eigenvalue weighted by atomic mass is 16.5. The summed E-state index contributed by atoms with van der Waals surface area (Å²) < 4.78 is 6.01. The van der Waals surface area contributed by atoms with Gasteiger partial charge in [-0.2, -0.15) is 0 Å². The average molecular weight is 493 g/mol. The van der Waals surface area contributed by atoms with Crippen LogP contribution in [0.1, 0.15) is 128 Å². The van der Waals surface area contributed by atoms with Gasteiger partial charge in [-0.05, 0) is 59.1 Å². The SMILES string of the molecule is C=CC(=O)Oc1c(C(C)c2cc(C(C)(C)CC)cc(C)c2O)cc(C(C)(C)CC)cc1C(C)(C)CC. The van der Waals surface area contributed by atoms with Crippen molar-refractivity contribution in [2.24, 2.45) is 0 Å². The lowest BCUT2D eigenvalue weighted by atomic mass is 9.73. The molecule has 0 fully saturated rings. The van der Waals surface area contributed by atoms with Crippen LogP contribution in [0.5, 0.6) is 11.5 Å². The van der Waals surface area contributed by atoms with E-state index in [1.54, 1.807) is 0 Å². The zero-order chi connectivity index (χ0) is 27.6. The maximum Gasteiger partial charge on any atom is 0.335 e. The Bertz CT molecular complexity index is 1120. The topological polar surface area (TPSA) is 46.5 Å². The fourth-order valence-corrected chi connectivity index (χ4v) is 4.42. The van der Waals surface area contributed by atoms with Crippen molar-refractivity contribution in [3.8, 4) is 11.5 Å². The number of esters is 1. The van der Waals surface area contributed by atoms with Crippen molar-refractivity contribution in [2.75, 3.05) is 0 Å². The Morgan fingerprint density at radius 1 is 0.889 bits per heavy atom. The molecule has 36 heavy (non-hydrogen) atoms. The molecule has 2 aromatic carbocycles. The Balaban J connectivity index is 2.98. The number of ether oxygens (including phenoxy) is 1. The summed E-state index contributed by atoms with van der Waals surface area (Å²) in [4.78, 5) is 12.6. The number of rotatable bonds is 10. The Kier molecular flexibility index (Phi) is 8.92. The summed E-state index contributed by atoms with van der Waals surface area (Å²) in [5.74, 6) is 0.228. The van der Waals surface area contributed by atoms with Gasteiger partial charge in [-0.15, -0.1) is 0 Å². The van der Waals surface area contributed by atoms with Crippen molar-refractivity contribution in [1.82, 2.24) is 0 Å². The summed E-state index contributed by atoms with van der Waals surface area (Å²) in [7, 11) is 0. The van der Waals surface area contributed by atoms with Gasteiger partial charge in [-0.25, -0.2) is 4.79 Å². The Labute approximate surface area is 220 Å². The van der Waals surface area contributed by atoms with E-state index in [9.17, 15) is 9.90 Å². The summed E-state index contributed by atoms with van der Waals surface area (Å²) in [6, 6.07) is 8.63. The van der Waals surface area contributed by atoms with Gasteiger partial charge in [0.05, 0.1) is 0 Å². The molecule has 0 saturated carbocycles. The van der Waals surface area contributed by atoms with Crippen LogP contribution >= 0.6 is 0 Å². The summed E-state index contributed by atoms with van der Waals surface area (Å²) in [5.41, 5.74) is 5.77. The molecule has 1 atom stereocenters. The number of hydrogen-bond donors (Lipinski definition) is 1. The Morgan fingerprint density at radius 3 is 1.83 bits per heavy atom. The molecule has 0 aromatic heterocycles. The van der Waals surface area contributed by atoms with Crippen LogP contribution in [-0.2, 0) is 21.0 Å². The monoisotopic (exact) mass is 492 g/mol. The third-order valence-corrected chi connectivity index (χ3v) is 8.69. The lowest BCUT2D eigenvalue weighted by molar-refractivity contribution is -0.129. The largest absolute Gasteiger partial charge is 0.507 e. The minimum atomic E-state index is -0.472. The van der Waals surface area contributed by atoms with Crippen LogP contribution in [0.15, 0.2) is 36.9 Å². The molecule has 1 N–H and O–H groups in total. The van der Waals surface area contributed by atoms with E-state index < -0.39 is 5.97 Å². The zero-order valence-electron chi connectivity index (χ0n) is 24.6. The maximum absolute atomic E-state index is 12.6. The summed E-state index contributed by atoms with van der Waals surface area (Å²) in [5, 5.41) is 11.2. The van der Waals surface area contributed by atoms with Gasteiger partial charge in [0, 0.05) is 28.7 Å². The number of phenolic OH excluding ortho intramolecular Hbond substituents is 1. The molecular weight excluding hydrogens is 444 g/mol. The fraction of sp³-hybridized carbons (Fsp3) is 0.545. The standard InChI is InChI=1S/C33H48O3/c1-13-28(34)36-30-26(19-24(32(9,10)15-3)20-27(30)33(11,12)16-4)22(6)25-18-23(31(7,8)14-2)17-21(5)29(25)35/h13,17-20,22,35H,1,14-16H2,2-12H3. The smallest absolute Gasteiger partial charge is 0.335 e. The summed E-state index contributed by atoms with van der Waals surface area (Å²) in [6.07, 6.45) is 4.07. The van der Waals surface area contributed by atoms with Gasteiger partial charge in [0.25, 0.3) is 0 Å². The molecule has 1 unspecified atom stereocenters. The van der Waals surface area contributed by atoms with Crippen molar-refractivity contribution in [2.45, 2.75) is 118 Å². The van der Waals surface area contributed by atoms with Crippen LogP contribution in [0.3, 0.4) is 0 Å². The first-order valence-electron chi connectivity index (χ1n) is 13.4. The first-order chi connectivity index (χ1) is 16.6. The highest BCUT2D eigenvalue weighted by Crippen LogP contribution is 2.47. The molecule has 0 aliphatic rings. The van der Waals surface area contributed by atoms with Crippen molar-refractivity contribution < 1.29 is 14.6 Å². The van der Waals surface area contributed by atoms with Gasteiger partial charge in [0.2, 0.25) is 0 Å². The highest BCUT2D eigenvalue weighted by molar-refractivity contribution is 5.84. The predicted molar refractivity (Wildman–Crippen MR) is 153 cm³/mol. The Hall–Kier alpha value is -2.55. The van der Waals surface area contributed by atoms with Crippen LogP contribution in [0.4, 0.5) is 0 Å². The van der Waals surface area contributed by atoms with Gasteiger partial charge in [0.15, 0.2) is 0 Å². The number of aryl methyl sites for hydroxylation is 1. The number of aromatic hydroxyl groups is 1. The predicted octanol–water partition coefficient (Wildman–Crippen LogP) is 9.01. The van der Waals surface area contributed by atoms with E-state index in [-0.39, 0.29) is 22.2 Å². The molecule has 0 heterocycles. The van der Waals surface area contributed by atoms with Crippen molar-refractivity contribution in [1.29, 1.82) is 0 Å². The van der Waals surface area contributed by atoms with Crippen LogP contribution in [-0.4, -0.2) is 11.1 Å². The van der Waals surface area contributed by atoms with E-state index >= 15 is 0 Å². The molecule has 0 aliphatic heterocycles. The maximum atomic E-state index is 12.6. The number of carbonyl (C=O) groups excluding carboxylic acids is 1. The molecular formula is C33H48O3. The number of phenols is 1. The van der Waals surface area contributed by atoms with Gasteiger partial charge in [-0.3, -0.25) is 0 Å². The van der Waals surface area contributed by atoms with Gasteiger partial charge in [0.1, 0.15) is 11.5 Å². The second-order valence-electron chi connectivity index (χ2n) is 12.2. The van der Waals surface area contributed by atoms with E-state index in [0.717, 1.165) is 41.5 Å². The van der Waals surface area contributed by atoms with Crippen molar-refractivity contribution >= 4 is 5.97 Å². The lowest BCUT2D eigenvalue weighted by Crippen LogP contribution is -2.24. The van der Waals surface area contributed by atoms with Crippen LogP contribution in [0.25, 0.3) is 0 Å². The summed E-state index contributed by atoms with van der Waals surface area (Å²) in [6.45, 7) is 27.6. The van der Waals surface area contributed by atoms with Crippen molar-refractivity contribution in [3.63, 3.8) is 0 Å². The first-order valence-corrected chi connectivity index (χ1v) is 13.4. The first kappa shape index (κ1) is 29.7. The number of carbonyl (C=O) groups is 1. The van der Waals surface area contributed by atoms with E-state index in [2.05, 4.69) is 100 Å². The fourth-order valence-electron chi connectivity index (χ4n) is 4.42. The average Bonchev–Trinajstić information content (AvgIpc) is 2.84. The third-order valence-electron chi connectivity index (χ3n) is 8.69. The molecule has 3 heteroatoms. The highest BCUT2D eigenvalue weighted by Gasteiger charge is 2.32. The second kappa shape index (κ2) is 10.8. The van der Waals surface area contributed by atoms with Gasteiger partial charge < -0.3 is 9.84 Å². The van der Waals surface area contributed by atoms with E-state index in [0.29, 0.717) is 11.5 Å². The van der Waals surface area contributed by atoms with E-state index in [1.807, 2.05) is 6.92 Å². The summed E-state index contributed by atoms with van der Waals surface area (Å²) >= 11 is 0. The van der Waals surface area contributed by atoms with Crippen LogP contribution < -0.4 is 4.74 Å². The minimum Gasteiger partial charge on any atom is -0.507 e. The second-order valence-corrected chi connectivity index (χ2v) is 12.2. The molecule has 2 aromatic rings. The van der Waals surface area contributed by atoms with Gasteiger partial charge >= 0.3 is 5.97 Å². The molecule has 0 aliphatic carbocycles. The quantitative estimate of drug-likeness (QED) is 0.204. The van der Waals surface area contributed by atoms with Gasteiger partial charge in [-0.1, -0.05) is 100 Å².